The molecule has 304 valence electrons. The Balaban J connectivity index is 1.29. The normalized spacial score (nSPS) is 36.5. The van der Waals surface area contributed by atoms with Gasteiger partial charge in [0.25, 0.3) is 0 Å². The molecule has 0 amide bonds. The molecule has 1 aromatic rings. The number of carbonyl (C=O) groups is 4. The molecule has 5 aliphatic carbocycles. The van der Waals surface area contributed by atoms with E-state index in [4.69, 9.17) is 21.1 Å². The van der Waals surface area contributed by atoms with Gasteiger partial charge in [-0.3, -0.25) is 24.1 Å². The number of ether oxygens (including phenoxy) is 2. The first-order chi connectivity index (χ1) is 25.6. The number of likely N-dealkylation sites (N-methyl/N-ethyl adjacent to an activating group) is 1. The lowest BCUT2D eigenvalue weighted by atomic mass is 9.33. The number of nitrogens with zero attached hydrogens (tertiary/aromatic N) is 1. The summed E-state index contributed by atoms with van der Waals surface area (Å²) in [4.78, 5) is 54.2. The van der Waals surface area contributed by atoms with Crippen molar-refractivity contribution in [3.8, 4) is 0 Å². The zero-order valence-electron chi connectivity index (χ0n) is 35.1. The molecule has 9 heteroatoms. The summed E-state index contributed by atoms with van der Waals surface area (Å²) in [7, 11) is 2.07. The van der Waals surface area contributed by atoms with E-state index >= 15 is 0 Å². The number of esters is 2. The molecular weight excluding hydrogens is 714 g/mol. The largest absolute Gasteiger partial charge is 0.481 e. The Morgan fingerprint density at radius 2 is 1.65 bits per heavy atom. The highest BCUT2D eigenvalue weighted by Crippen LogP contribution is 2.76. The SMILES string of the molecule is CC(=O)O[C@@H](CN(C)Cc1ccc(Cl)cc1)[C@@]12CC[C@]3(C)[C@H](CC[C@@H]4[C@@]5(C)CC[C@H](OC(=O)CC(C)(C)C(=O)O)[C@H](C)[C@@H]5CC[C@]43C)C1=C(C(C)C)C(=O)C2. The van der Waals surface area contributed by atoms with Crippen molar-refractivity contribution >= 4 is 35.3 Å². The Morgan fingerprint density at radius 3 is 2.27 bits per heavy atom. The molecule has 1 N–H and O–H groups in total. The number of halogens is 1. The molecule has 0 bridgehead atoms. The van der Waals surface area contributed by atoms with E-state index in [1.165, 1.54) is 12.5 Å². The number of benzene rings is 1. The lowest BCUT2D eigenvalue weighted by Crippen LogP contribution is -2.65. The molecule has 8 nitrogen and oxygen atoms in total. The molecule has 0 saturated heterocycles. The quantitative estimate of drug-likeness (QED) is 0.221. The summed E-state index contributed by atoms with van der Waals surface area (Å²) >= 11 is 6.18. The van der Waals surface area contributed by atoms with Crippen molar-refractivity contribution in [3.05, 3.63) is 46.0 Å². The van der Waals surface area contributed by atoms with Crippen molar-refractivity contribution < 1.29 is 33.8 Å². The number of aliphatic carboxylic acids is 1. The Kier molecular flexibility index (Phi) is 11.4. The third kappa shape index (κ3) is 7.12. The van der Waals surface area contributed by atoms with Crippen molar-refractivity contribution in [2.24, 2.45) is 56.7 Å². The van der Waals surface area contributed by atoms with E-state index in [1.807, 2.05) is 24.3 Å². The molecule has 55 heavy (non-hydrogen) atoms. The summed E-state index contributed by atoms with van der Waals surface area (Å²) in [6.45, 7) is 20.0. The maximum atomic E-state index is 14.3. The average Bonchev–Trinajstić information content (AvgIpc) is 3.40. The lowest BCUT2D eigenvalue weighted by molar-refractivity contribution is -0.219. The highest BCUT2D eigenvalue weighted by molar-refractivity contribution is 6.30. The maximum Gasteiger partial charge on any atom is 0.309 e. The molecule has 6 rings (SSSR count). The number of carboxylic acids is 1. The monoisotopic (exact) mass is 779 g/mol. The van der Waals surface area contributed by atoms with E-state index < -0.39 is 28.9 Å². The number of rotatable bonds is 11. The topological polar surface area (TPSA) is 110 Å². The van der Waals surface area contributed by atoms with Crippen LogP contribution in [0.1, 0.15) is 132 Å². The fourth-order valence-corrected chi connectivity index (χ4v) is 13.4. The van der Waals surface area contributed by atoms with E-state index in [0.29, 0.717) is 36.4 Å². The van der Waals surface area contributed by atoms with Crippen LogP contribution in [0, 0.1) is 56.7 Å². The molecule has 0 aliphatic heterocycles. The number of Topliss-reactive ketones (excluding diaryl/α,β-unsaturated/α-hetero) is 1. The van der Waals surface area contributed by atoms with Crippen LogP contribution in [0.2, 0.25) is 5.02 Å². The lowest BCUT2D eigenvalue weighted by Gasteiger charge is -2.71. The summed E-state index contributed by atoms with van der Waals surface area (Å²) in [5.41, 5.74) is 1.78. The van der Waals surface area contributed by atoms with Gasteiger partial charge in [-0.05, 0) is 147 Å². The highest BCUT2D eigenvalue weighted by atomic mass is 35.5. The molecule has 4 saturated carbocycles. The first kappa shape index (κ1) is 41.9. The Hall–Kier alpha value is -2.71. The number of carboxylic acid groups (broad SMARTS) is 1. The summed E-state index contributed by atoms with van der Waals surface area (Å²) in [5, 5.41) is 10.3. The second-order valence-corrected chi connectivity index (χ2v) is 20.6. The highest BCUT2D eigenvalue weighted by Gasteiger charge is 2.70. The van der Waals surface area contributed by atoms with Crippen molar-refractivity contribution in [3.63, 3.8) is 0 Å². The average molecular weight is 780 g/mol. The predicted molar refractivity (Wildman–Crippen MR) is 214 cm³/mol. The van der Waals surface area contributed by atoms with Gasteiger partial charge in [0.05, 0.1) is 11.8 Å². The van der Waals surface area contributed by atoms with Gasteiger partial charge < -0.3 is 14.6 Å². The number of hydrogen-bond donors (Lipinski definition) is 1. The van der Waals surface area contributed by atoms with E-state index in [2.05, 4.69) is 53.5 Å². The van der Waals surface area contributed by atoms with Crippen LogP contribution in [0.25, 0.3) is 0 Å². The number of carbonyl (C=O) groups excluding carboxylic acids is 3. The third-order valence-electron chi connectivity index (χ3n) is 16.2. The predicted octanol–water partition coefficient (Wildman–Crippen LogP) is 9.71. The van der Waals surface area contributed by atoms with E-state index in [9.17, 15) is 24.3 Å². The van der Waals surface area contributed by atoms with Crippen molar-refractivity contribution in [1.82, 2.24) is 4.90 Å². The van der Waals surface area contributed by atoms with Crippen molar-refractivity contribution in [1.29, 1.82) is 0 Å². The minimum atomic E-state index is -1.16. The smallest absolute Gasteiger partial charge is 0.309 e. The minimum Gasteiger partial charge on any atom is -0.481 e. The van der Waals surface area contributed by atoms with Crippen LogP contribution in [-0.4, -0.2) is 59.5 Å². The zero-order chi connectivity index (χ0) is 40.5. The van der Waals surface area contributed by atoms with E-state index in [-0.39, 0.29) is 58.3 Å². The number of fused-ring (bicyclic) bond motifs is 7. The molecule has 0 unspecified atom stereocenters. The summed E-state index contributed by atoms with van der Waals surface area (Å²) in [5.74, 6) is -0.136. The fraction of sp³-hybridized carbons (Fsp3) is 0.739. The second kappa shape index (κ2) is 14.9. The number of ketones is 1. The molecule has 0 aromatic heterocycles. The summed E-state index contributed by atoms with van der Waals surface area (Å²) in [6, 6.07) is 7.86. The first-order valence-corrected chi connectivity index (χ1v) is 21.3. The van der Waals surface area contributed by atoms with Crippen LogP contribution < -0.4 is 0 Å². The second-order valence-electron chi connectivity index (χ2n) is 20.1. The third-order valence-corrected chi connectivity index (χ3v) is 16.5. The molecule has 0 spiro atoms. The van der Waals surface area contributed by atoms with Crippen molar-refractivity contribution in [2.75, 3.05) is 13.6 Å². The first-order valence-electron chi connectivity index (χ1n) is 20.9. The minimum absolute atomic E-state index is 0.0328. The van der Waals surface area contributed by atoms with Gasteiger partial charge in [-0.2, -0.15) is 0 Å². The molecule has 0 heterocycles. The van der Waals surface area contributed by atoms with Gasteiger partial charge in [-0.15, -0.1) is 0 Å². The van der Waals surface area contributed by atoms with Crippen LogP contribution in [-0.2, 0) is 35.2 Å². The van der Waals surface area contributed by atoms with Crippen LogP contribution in [0.5, 0.6) is 0 Å². The van der Waals surface area contributed by atoms with Gasteiger partial charge in [0.1, 0.15) is 12.2 Å². The standard InChI is InChI=1S/C46H66ClNO7/c1-27(2)39-34(50)23-46(37(54-29(4)49)26-48(10)25-30-11-13-31(47)14-12-30)22-21-44(8)33(40(39)46)15-16-36-43(7)19-18-35(28(3)32(43)17-20-45(36,44)9)55-38(51)24-42(5,6)41(52)53/h11-14,27-28,32-33,35-37H,15-26H2,1-10H3,(H,52,53)/t28-,32+,33-,35+,36-,37+,43+,44-,45-,46+/m1/s1. The van der Waals surface area contributed by atoms with Crippen LogP contribution in [0.15, 0.2) is 35.4 Å². The van der Waals surface area contributed by atoms with Gasteiger partial charge in [-0.25, -0.2) is 0 Å². The number of hydrogen-bond acceptors (Lipinski definition) is 7. The molecule has 4 fully saturated rings. The van der Waals surface area contributed by atoms with E-state index in [0.717, 1.165) is 62.5 Å². The fourth-order valence-electron chi connectivity index (χ4n) is 13.3. The summed E-state index contributed by atoms with van der Waals surface area (Å²) < 4.78 is 12.4. The molecular formula is C46H66ClNO7. The van der Waals surface area contributed by atoms with Crippen LogP contribution in [0.4, 0.5) is 0 Å². The number of allylic oxidation sites excluding steroid dienone is 1. The Bertz CT molecular complexity index is 1720. The van der Waals surface area contributed by atoms with Gasteiger partial charge in [0.15, 0.2) is 5.78 Å². The van der Waals surface area contributed by atoms with Gasteiger partial charge in [-0.1, -0.05) is 65.3 Å². The molecule has 10 atom stereocenters. The molecule has 0 radical (unpaired) electrons. The van der Waals surface area contributed by atoms with Gasteiger partial charge in [0, 0.05) is 36.9 Å². The molecule has 5 aliphatic rings. The van der Waals surface area contributed by atoms with Crippen LogP contribution in [0.3, 0.4) is 0 Å². The van der Waals surface area contributed by atoms with Crippen LogP contribution >= 0.6 is 11.6 Å². The van der Waals surface area contributed by atoms with Gasteiger partial charge >= 0.3 is 17.9 Å². The summed E-state index contributed by atoms with van der Waals surface area (Å²) in [6.07, 6.45) is 7.35. The molecule has 1 aromatic carbocycles. The Morgan fingerprint density at radius 1 is 0.982 bits per heavy atom. The van der Waals surface area contributed by atoms with E-state index in [1.54, 1.807) is 13.8 Å². The zero-order valence-corrected chi connectivity index (χ0v) is 35.8. The Labute approximate surface area is 334 Å². The maximum absolute atomic E-state index is 14.3. The van der Waals surface area contributed by atoms with Crippen molar-refractivity contribution in [2.45, 2.75) is 145 Å². The van der Waals surface area contributed by atoms with Gasteiger partial charge in [0.2, 0.25) is 0 Å².